The van der Waals surface area contributed by atoms with Gasteiger partial charge in [0.2, 0.25) is 15.8 Å². The van der Waals surface area contributed by atoms with Crippen LogP contribution in [0.3, 0.4) is 0 Å². The van der Waals surface area contributed by atoms with Crippen LogP contribution in [0.2, 0.25) is 0 Å². The molecule has 8 heteroatoms. The molecule has 0 radical (unpaired) electrons. The van der Waals surface area contributed by atoms with Crippen LogP contribution in [0.15, 0.2) is 23.1 Å². The quantitative estimate of drug-likeness (QED) is 0.531. The smallest absolute Gasteiger partial charge is 0.312 e. The monoisotopic (exact) mass is 218 g/mol. The molecule has 76 valence electrons. The summed E-state index contributed by atoms with van der Waals surface area (Å²) in [5, 5.41) is 24.2. The third-order valence-electron chi connectivity index (χ3n) is 1.48. The van der Waals surface area contributed by atoms with Crippen LogP contribution in [0.4, 0.5) is 5.69 Å². The Kier molecular flexibility index (Phi) is 2.41. The summed E-state index contributed by atoms with van der Waals surface area (Å²) in [5.41, 5.74) is -0.698. The predicted octanol–water partition coefficient (Wildman–Crippen LogP) is -0.0522. The van der Waals surface area contributed by atoms with Gasteiger partial charge >= 0.3 is 5.69 Å². The van der Waals surface area contributed by atoms with Gasteiger partial charge in [-0.05, 0) is 6.07 Å². The van der Waals surface area contributed by atoms with Crippen molar-refractivity contribution >= 4 is 15.7 Å². The van der Waals surface area contributed by atoms with Crippen LogP contribution in [0, 0.1) is 10.1 Å². The molecule has 1 aromatic rings. The van der Waals surface area contributed by atoms with E-state index in [-0.39, 0.29) is 0 Å². The van der Waals surface area contributed by atoms with E-state index in [1.165, 1.54) is 0 Å². The van der Waals surface area contributed by atoms with E-state index in [9.17, 15) is 23.6 Å². The van der Waals surface area contributed by atoms with E-state index >= 15 is 0 Å². The molecule has 0 amide bonds. The van der Waals surface area contributed by atoms with Crippen molar-refractivity contribution in [1.82, 2.24) is 0 Å². The highest BCUT2D eigenvalue weighted by atomic mass is 32.2. The molecule has 0 aliphatic heterocycles. The summed E-state index contributed by atoms with van der Waals surface area (Å²) in [6, 6.07) is 3.08. The first-order valence-corrected chi connectivity index (χ1v) is 4.88. The third kappa shape index (κ3) is 1.80. The highest BCUT2D eigenvalue weighted by Gasteiger charge is 2.22. The van der Waals surface area contributed by atoms with Crippen LogP contribution < -0.4 is 5.14 Å². The Hall–Kier alpha value is -1.67. The first kappa shape index (κ1) is 10.4. The number of primary sulfonamides is 1. The van der Waals surface area contributed by atoms with Gasteiger partial charge in [-0.1, -0.05) is 6.07 Å². The molecule has 14 heavy (non-hydrogen) atoms. The Morgan fingerprint density at radius 1 is 1.43 bits per heavy atom. The molecule has 0 aromatic heterocycles. The fourth-order valence-corrected chi connectivity index (χ4v) is 1.53. The molecule has 3 N–H and O–H groups in total. The molecular formula is C6H6N2O5S. The lowest BCUT2D eigenvalue weighted by atomic mass is 10.3. The van der Waals surface area contributed by atoms with E-state index in [4.69, 9.17) is 5.14 Å². The van der Waals surface area contributed by atoms with Crippen molar-refractivity contribution in [2.24, 2.45) is 5.14 Å². The van der Waals surface area contributed by atoms with Crippen LogP contribution in [-0.4, -0.2) is 18.4 Å². The summed E-state index contributed by atoms with van der Waals surface area (Å²) < 4.78 is 21.6. The minimum Gasteiger partial charge on any atom is -0.501 e. The molecule has 0 fully saturated rings. The van der Waals surface area contributed by atoms with Crippen molar-refractivity contribution in [1.29, 1.82) is 0 Å². The van der Waals surface area contributed by atoms with Gasteiger partial charge in [0, 0.05) is 6.07 Å². The van der Waals surface area contributed by atoms with Crippen LogP contribution in [0.1, 0.15) is 0 Å². The van der Waals surface area contributed by atoms with E-state index in [0.717, 1.165) is 18.2 Å². The Bertz CT molecular complexity index is 481. The molecular weight excluding hydrogens is 212 g/mol. The number of benzene rings is 1. The number of nitrogens with two attached hydrogens (primary N) is 1. The molecule has 7 nitrogen and oxygen atoms in total. The molecule has 0 bridgehead atoms. The molecule has 0 spiro atoms. The number of aromatic hydroxyl groups is 1. The topological polar surface area (TPSA) is 124 Å². The Balaban J connectivity index is 3.51. The summed E-state index contributed by atoms with van der Waals surface area (Å²) in [6.07, 6.45) is 0. The zero-order valence-corrected chi connectivity index (χ0v) is 7.56. The molecule has 0 unspecified atom stereocenters. The van der Waals surface area contributed by atoms with Crippen LogP contribution in [0.5, 0.6) is 5.75 Å². The van der Waals surface area contributed by atoms with Gasteiger partial charge in [0.15, 0.2) is 0 Å². The van der Waals surface area contributed by atoms with E-state index in [1.807, 2.05) is 0 Å². The highest BCUT2D eigenvalue weighted by Crippen LogP contribution is 2.31. The fourth-order valence-electron chi connectivity index (χ4n) is 0.888. The molecule has 0 heterocycles. The van der Waals surface area contributed by atoms with Crippen molar-refractivity contribution in [3.8, 4) is 5.75 Å². The van der Waals surface area contributed by atoms with Crippen molar-refractivity contribution in [2.45, 2.75) is 4.90 Å². The molecule has 1 aromatic carbocycles. The van der Waals surface area contributed by atoms with E-state index < -0.39 is 31.3 Å². The average Bonchev–Trinajstić information content (AvgIpc) is 2.01. The minimum atomic E-state index is -4.14. The van der Waals surface area contributed by atoms with Gasteiger partial charge in [-0.2, -0.15) is 0 Å². The zero-order valence-electron chi connectivity index (χ0n) is 6.75. The summed E-state index contributed by atoms with van der Waals surface area (Å²) >= 11 is 0. The summed E-state index contributed by atoms with van der Waals surface area (Å²) in [7, 11) is -4.14. The van der Waals surface area contributed by atoms with Crippen molar-refractivity contribution < 1.29 is 18.4 Å². The molecule has 0 saturated heterocycles. The Morgan fingerprint density at radius 2 is 2.00 bits per heavy atom. The Labute approximate surface area is 79.0 Å². The normalized spacial score (nSPS) is 11.2. The second-order valence-corrected chi connectivity index (χ2v) is 3.96. The second kappa shape index (κ2) is 3.24. The molecule has 0 aliphatic rings. The number of nitro groups is 1. The molecule has 0 saturated carbocycles. The van der Waals surface area contributed by atoms with E-state index in [1.54, 1.807) is 0 Å². The molecule has 1 rings (SSSR count). The first-order valence-electron chi connectivity index (χ1n) is 3.33. The zero-order chi connectivity index (χ0) is 10.9. The van der Waals surface area contributed by atoms with Gasteiger partial charge in [-0.25, -0.2) is 13.6 Å². The molecule has 0 aliphatic carbocycles. The number of phenolic OH excluding ortho intramolecular Hbond substituents is 1. The number of nitro benzene ring substituents is 1. The first-order chi connectivity index (χ1) is 6.34. The number of rotatable bonds is 2. The maximum atomic E-state index is 10.8. The standard InChI is InChI=1S/C6H6N2O5S/c7-14(12,13)5-3-1-2-4(6(5)9)8(10)11/h1-3,9H,(H2,7,12,13). The van der Waals surface area contributed by atoms with Gasteiger partial charge < -0.3 is 5.11 Å². The van der Waals surface area contributed by atoms with Gasteiger partial charge in [0.1, 0.15) is 4.90 Å². The second-order valence-electron chi connectivity index (χ2n) is 2.43. The fraction of sp³-hybridized carbons (Fsp3) is 0. The van der Waals surface area contributed by atoms with Crippen LogP contribution >= 0.6 is 0 Å². The molecule has 0 atom stereocenters. The predicted molar refractivity (Wildman–Crippen MR) is 46.1 cm³/mol. The third-order valence-corrected chi connectivity index (χ3v) is 2.42. The maximum Gasteiger partial charge on any atom is 0.312 e. The minimum absolute atomic E-state index is 0.660. The van der Waals surface area contributed by atoms with Gasteiger partial charge in [-0.3, -0.25) is 10.1 Å². The summed E-state index contributed by atoms with van der Waals surface area (Å²) in [4.78, 5) is 8.75. The van der Waals surface area contributed by atoms with Crippen molar-refractivity contribution in [3.05, 3.63) is 28.3 Å². The number of phenols is 1. The van der Waals surface area contributed by atoms with E-state index in [2.05, 4.69) is 0 Å². The van der Waals surface area contributed by atoms with Gasteiger partial charge in [-0.15, -0.1) is 0 Å². The summed E-state index contributed by atoms with van der Waals surface area (Å²) in [6.45, 7) is 0. The lowest BCUT2D eigenvalue weighted by Gasteiger charge is -2.01. The summed E-state index contributed by atoms with van der Waals surface area (Å²) in [5.74, 6) is -0.944. The maximum absolute atomic E-state index is 10.8. The SMILES string of the molecule is NS(=O)(=O)c1cccc([N+](=O)[O-])c1O. The van der Waals surface area contributed by atoms with Crippen LogP contribution in [-0.2, 0) is 10.0 Å². The van der Waals surface area contributed by atoms with Crippen molar-refractivity contribution in [2.75, 3.05) is 0 Å². The average molecular weight is 218 g/mol. The van der Waals surface area contributed by atoms with E-state index in [0.29, 0.717) is 0 Å². The number of hydrogen-bond acceptors (Lipinski definition) is 5. The van der Waals surface area contributed by atoms with Gasteiger partial charge in [0.05, 0.1) is 4.92 Å². The number of nitrogens with zero attached hydrogens (tertiary/aromatic N) is 1. The number of hydrogen-bond donors (Lipinski definition) is 2. The lowest BCUT2D eigenvalue weighted by molar-refractivity contribution is -0.386. The lowest BCUT2D eigenvalue weighted by Crippen LogP contribution is -2.12. The van der Waals surface area contributed by atoms with Crippen LogP contribution in [0.25, 0.3) is 0 Å². The largest absolute Gasteiger partial charge is 0.501 e. The van der Waals surface area contributed by atoms with Gasteiger partial charge in [0.25, 0.3) is 0 Å². The number of sulfonamides is 1. The highest BCUT2D eigenvalue weighted by molar-refractivity contribution is 7.89. The van der Waals surface area contributed by atoms with Crippen molar-refractivity contribution in [3.63, 3.8) is 0 Å². The number of para-hydroxylation sites is 1. The Morgan fingerprint density at radius 3 is 2.43 bits per heavy atom.